The molecule has 3 rings (SSSR count). The number of hydrogen-bond donors (Lipinski definition) is 1. The van der Waals surface area contributed by atoms with E-state index in [4.69, 9.17) is 0 Å². The number of nitrogens with zero attached hydrogens (tertiary/aromatic N) is 1. The number of hydrogen-bond acceptors (Lipinski definition) is 3. The number of carbonyl (C=O) groups excluding carboxylic acids is 1. The standard InChI is InChI=1S/C15H22N2OS/c18-15(8-13-5-7-19-11-13)17(9-12-3-4-12)10-14-2-1-6-16-14/h5,7,11-12,14,16H,1-4,6,8-10H2. The van der Waals surface area contributed by atoms with Crippen LogP contribution >= 0.6 is 11.3 Å². The summed E-state index contributed by atoms with van der Waals surface area (Å²) in [6.45, 7) is 2.99. The Balaban J connectivity index is 1.58. The van der Waals surface area contributed by atoms with Crippen molar-refractivity contribution in [3.63, 3.8) is 0 Å². The summed E-state index contributed by atoms with van der Waals surface area (Å²) in [5, 5.41) is 7.63. The number of thiophene rings is 1. The van der Waals surface area contributed by atoms with Gasteiger partial charge in [0.1, 0.15) is 0 Å². The summed E-state index contributed by atoms with van der Waals surface area (Å²) in [7, 11) is 0. The summed E-state index contributed by atoms with van der Waals surface area (Å²) >= 11 is 1.67. The summed E-state index contributed by atoms with van der Waals surface area (Å²) in [6.07, 6.45) is 5.65. The highest BCUT2D eigenvalue weighted by Gasteiger charge is 2.28. The van der Waals surface area contributed by atoms with E-state index < -0.39 is 0 Å². The molecular formula is C15H22N2OS. The molecule has 1 aliphatic heterocycles. The van der Waals surface area contributed by atoms with Gasteiger partial charge in [-0.05, 0) is 60.5 Å². The number of rotatable bonds is 6. The van der Waals surface area contributed by atoms with E-state index in [9.17, 15) is 4.79 Å². The predicted molar refractivity (Wildman–Crippen MR) is 78.4 cm³/mol. The quantitative estimate of drug-likeness (QED) is 0.866. The van der Waals surface area contributed by atoms with E-state index >= 15 is 0 Å². The third-order valence-electron chi connectivity index (χ3n) is 4.07. The fraction of sp³-hybridized carbons (Fsp3) is 0.667. The first-order valence-electron chi connectivity index (χ1n) is 7.33. The van der Waals surface area contributed by atoms with Gasteiger partial charge < -0.3 is 10.2 Å². The minimum absolute atomic E-state index is 0.305. The molecule has 0 aromatic carbocycles. The molecule has 1 aliphatic carbocycles. The molecule has 1 aromatic heterocycles. The first-order chi connectivity index (χ1) is 9.31. The van der Waals surface area contributed by atoms with E-state index in [1.54, 1.807) is 11.3 Å². The second kappa shape index (κ2) is 6.06. The Morgan fingerprint density at radius 3 is 2.89 bits per heavy atom. The Hall–Kier alpha value is -0.870. The number of carbonyl (C=O) groups is 1. The van der Waals surface area contributed by atoms with Gasteiger partial charge in [0, 0.05) is 19.1 Å². The Labute approximate surface area is 119 Å². The largest absolute Gasteiger partial charge is 0.341 e. The fourth-order valence-electron chi connectivity index (χ4n) is 2.75. The third-order valence-corrected chi connectivity index (χ3v) is 4.80. The van der Waals surface area contributed by atoms with Crippen molar-refractivity contribution >= 4 is 17.2 Å². The maximum absolute atomic E-state index is 12.5. The van der Waals surface area contributed by atoms with Crippen LogP contribution in [0.3, 0.4) is 0 Å². The summed E-state index contributed by atoms with van der Waals surface area (Å²) in [6, 6.07) is 2.58. The second-order valence-electron chi connectivity index (χ2n) is 5.84. The molecule has 0 radical (unpaired) electrons. The molecule has 1 saturated carbocycles. The summed E-state index contributed by atoms with van der Waals surface area (Å²) in [5.41, 5.74) is 1.16. The van der Waals surface area contributed by atoms with Crippen LogP contribution in [0.2, 0.25) is 0 Å². The van der Waals surface area contributed by atoms with E-state index in [2.05, 4.69) is 21.7 Å². The normalized spacial score (nSPS) is 22.6. The summed E-state index contributed by atoms with van der Waals surface area (Å²) in [5.74, 6) is 1.08. The van der Waals surface area contributed by atoms with Gasteiger partial charge in [-0.15, -0.1) is 0 Å². The molecule has 1 aromatic rings. The molecule has 2 aliphatic rings. The topological polar surface area (TPSA) is 32.3 Å². The molecule has 3 nitrogen and oxygen atoms in total. The zero-order valence-corrected chi connectivity index (χ0v) is 12.1. The molecule has 104 valence electrons. The number of nitrogens with one attached hydrogen (secondary N) is 1. The van der Waals surface area contributed by atoms with Gasteiger partial charge >= 0.3 is 0 Å². The van der Waals surface area contributed by atoms with Crippen LogP contribution in [0, 0.1) is 5.92 Å². The SMILES string of the molecule is O=C(Cc1ccsc1)N(CC1CC1)CC1CCCN1. The van der Waals surface area contributed by atoms with Gasteiger partial charge in [0.25, 0.3) is 0 Å². The van der Waals surface area contributed by atoms with Gasteiger partial charge in [-0.3, -0.25) is 4.79 Å². The highest BCUT2D eigenvalue weighted by Crippen LogP contribution is 2.30. The Morgan fingerprint density at radius 1 is 1.37 bits per heavy atom. The lowest BCUT2D eigenvalue weighted by molar-refractivity contribution is -0.131. The second-order valence-corrected chi connectivity index (χ2v) is 6.62. The minimum atomic E-state index is 0.305. The summed E-state index contributed by atoms with van der Waals surface area (Å²) in [4.78, 5) is 14.6. The van der Waals surface area contributed by atoms with E-state index in [1.807, 2.05) is 5.38 Å². The molecule has 0 bridgehead atoms. The zero-order chi connectivity index (χ0) is 13.1. The first-order valence-corrected chi connectivity index (χ1v) is 8.28. The van der Waals surface area contributed by atoms with Gasteiger partial charge in [-0.2, -0.15) is 11.3 Å². The molecule has 1 amide bonds. The predicted octanol–water partition coefficient (Wildman–Crippen LogP) is 2.28. The fourth-order valence-corrected chi connectivity index (χ4v) is 3.42. The smallest absolute Gasteiger partial charge is 0.227 e. The average molecular weight is 278 g/mol. The van der Waals surface area contributed by atoms with Crippen LogP contribution in [-0.2, 0) is 11.2 Å². The molecule has 1 saturated heterocycles. The van der Waals surface area contributed by atoms with Crippen molar-refractivity contribution in [2.24, 2.45) is 5.92 Å². The Bertz CT molecular complexity index is 408. The molecule has 0 spiro atoms. The van der Waals surface area contributed by atoms with E-state index in [-0.39, 0.29) is 0 Å². The van der Waals surface area contributed by atoms with Crippen LogP contribution < -0.4 is 5.32 Å². The van der Waals surface area contributed by atoms with Crippen molar-refractivity contribution in [1.82, 2.24) is 10.2 Å². The van der Waals surface area contributed by atoms with Gasteiger partial charge in [0.2, 0.25) is 5.91 Å². The van der Waals surface area contributed by atoms with Crippen molar-refractivity contribution in [3.05, 3.63) is 22.4 Å². The lowest BCUT2D eigenvalue weighted by Gasteiger charge is -2.26. The lowest BCUT2D eigenvalue weighted by Crippen LogP contribution is -2.42. The van der Waals surface area contributed by atoms with Crippen LogP contribution in [0.5, 0.6) is 0 Å². The lowest BCUT2D eigenvalue weighted by atomic mass is 10.1. The van der Waals surface area contributed by atoms with Crippen LogP contribution in [-0.4, -0.2) is 36.5 Å². The molecular weight excluding hydrogens is 256 g/mol. The molecule has 19 heavy (non-hydrogen) atoms. The average Bonchev–Trinajstić information content (AvgIpc) is 2.88. The van der Waals surface area contributed by atoms with Crippen LogP contribution in [0.15, 0.2) is 16.8 Å². The maximum Gasteiger partial charge on any atom is 0.227 e. The molecule has 1 N–H and O–H groups in total. The molecule has 2 fully saturated rings. The molecule has 4 heteroatoms. The minimum Gasteiger partial charge on any atom is -0.341 e. The maximum atomic E-state index is 12.5. The molecule has 2 heterocycles. The Kier molecular flexibility index (Phi) is 4.18. The van der Waals surface area contributed by atoms with Gasteiger partial charge in [-0.1, -0.05) is 0 Å². The van der Waals surface area contributed by atoms with Gasteiger partial charge in [-0.25, -0.2) is 0 Å². The monoisotopic (exact) mass is 278 g/mol. The summed E-state index contributed by atoms with van der Waals surface area (Å²) < 4.78 is 0. The molecule has 1 unspecified atom stereocenters. The highest BCUT2D eigenvalue weighted by atomic mass is 32.1. The first kappa shape index (κ1) is 13.1. The zero-order valence-electron chi connectivity index (χ0n) is 11.3. The highest BCUT2D eigenvalue weighted by molar-refractivity contribution is 7.07. The van der Waals surface area contributed by atoms with Crippen molar-refractivity contribution in [2.45, 2.75) is 38.1 Å². The van der Waals surface area contributed by atoms with Crippen LogP contribution in [0.25, 0.3) is 0 Å². The van der Waals surface area contributed by atoms with E-state index in [1.165, 1.54) is 25.7 Å². The van der Waals surface area contributed by atoms with Gasteiger partial charge in [0.05, 0.1) is 6.42 Å². The van der Waals surface area contributed by atoms with Crippen molar-refractivity contribution < 1.29 is 4.79 Å². The van der Waals surface area contributed by atoms with Crippen molar-refractivity contribution in [3.8, 4) is 0 Å². The Morgan fingerprint density at radius 2 is 2.26 bits per heavy atom. The van der Waals surface area contributed by atoms with Crippen LogP contribution in [0.1, 0.15) is 31.2 Å². The van der Waals surface area contributed by atoms with Crippen molar-refractivity contribution in [1.29, 1.82) is 0 Å². The molecule has 1 atom stereocenters. The van der Waals surface area contributed by atoms with E-state index in [0.717, 1.165) is 31.1 Å². The van der Waals surface area contributed by atoms with E-state index in [0.29, 0.717) is 18.4 Å². The van der Waals surface area contributed by atoms with Crippen molar-refractivity contribution in [2.75, 3.05) is 19.6 Å². The van der Waals surface area contributed by atoms with Crippen LogP contribution in [0.4, 0.5) is 0 Å². The van der Waals surface area contributed by atoms with Gasteiger partial charge in [0.15, 0.2) is 0 Å². The third kappa shape index (κ3) is 3.80. The number of amides is 1.